The number of rotatable bonds is 6. The number of likely N-dealkylation sites (tertiary alicyclic amines) is 1. The van der Waals surface area contributed by atoms with Crippen LogP contribution in [0.4, 0.5) is 0 Å². The Morgan fingerprint density at radius 3 is 2.70 bits per heavy atom. The Balaban J connectivity index is 0.00000192. The fraction of sp³-hybridized carbons (Fsp3) is 0.588. The van der Waals surface area contributed by atoms with Crippen molar-refractivity contribution in [1.82, 2.24) is 10.2 Å². The van der Waals surface area contributed by atoms with Crippen LogP contribution in [0.1, 0.15) is 25.7 Å². The van der Waals surface area contributed by atoms with E-state index < -0.39 is 6.10 Å². The van der Waals surface area contributed by atoms with Crippen LogP contribution in [0.15, 0.2) is 24.3 Å². The Kier molecular flexibility index (Phi) is 6.99. The Bertz CT molecular complexity index is 506. The summed E-state index contributed by atoms with van der Waals surface area (Å²) in [5.41, 5.74) is 0. The molecule has 2 heterocycles. The number of ether oxygens (including phenoxy) is 2. The number of carbonyl (C=O) groups excluding carboxylic acids is 1. The molecule has 1 aromatic rings. The molecule has 0 radical (unpaired) electrons. The second-order valence-electron chi connectivity index (χ2n) is 5.91. The number of nitrogens with one attached hydrogen (secondary N) is 1. The third-order valence-corrected chi connectivity index (χ3v) is 4.20. The molecule has 1 saturated heterocycles. The minimum Gasteiger partial charge on any atom is -0.485 e. The van der Waals surface area contributed by atoms with Crippen LogP contribution in [-0.2, 0) is 4.79 Å². The van der Waals surface area contributed by atoms with Gasteiger partial charge in [-0.1, -0.05) is 12.1 Å². The fourth-order valence-electron chi connectivity index (χ4n) is 2.94. The molecular weight excluding hydrogens is 316 g/mol. The van der Waals surface area contributed by atoms with Gasteiger partial charge in [0.1, 0.15) is 6.61 Å². The highest BCUT2D eigenvalue weighted by Gasteiger charge is 2.26. The van der Waals surface area contributed by atoms with E-state index in [-0.39, 0.29) is 24.9 Å². The summed E-state index contributed by atoms with van der Waals surface area (Å²) in [6.45, 7) is 4.59. The quantitative estimate of drug-likeness (QED) is 0.807. The Labute approximate surface area is 143 Å². The largest absolute Gasteiger partial charge is 0.485 e. The predicted molar refractivity (Wildman–Crippen MR) is 91.5 cm³/mol. The summed E-state index contributed by atoms with van der Waals surface area (Å²) < 4.78 is 11.2. The van der Waals surface area contributed by atoms with E-state index in [1.165, 1.54) is 25.9 Å². The van der Waals surface area contributed by atoms with Gasteiger partial charge in [0.05, 0.1) is 0 Å². The standard InChI is InChI=1S/C17H24N2O3.ClH/c20-17(18-9-3-4-10-19-11-5-6-12-19)16-13-21-14-7-1-2-8-15(14)22-16;/h1-2,7-8,16H,3-6,9-13H2,(H,18,20);1H. The van der Waals surface area contributed by atoms with Gasteiger partial charge in [0.2, 0.25) is 6.10 Å². The first-order chi connectivity index (χ1) is 10.8. The van der Waals surface area contributed by atoms with Crippen LogP contribution < -0.4 is 14.8 Å². The molecule has 0 saturated carbocycles. The molecule has 1 unspecified atom stereocenters. The average molecular weight is 341 g/mol. The van der Waals surface area contributed by atoms with E-state index in [1.807, 2.05) is 24.3 Å². The van der Waals surface area contributed by atoms with Crippen molar-refractivity contribution in [3.63, 3.8) is 0 Å². The molecule has 1 amide bonds. The van der Waals surface area contributed by atoms with E-state index in [2.05, 4.69) is 10.2 Å². The van der Waals surface area contributed by atoms with Crippen molar-refractivity contribution in [2.45, 2.75) is 31.8 Å². The first kappa shape index (κ1) is 17.9. The number of carbonyl (C=O) groups is 1. The van der Waals surface area contributed by atoms with Gasteiger partial charge < -0.3 is 19.7 Å². The minimum absolute atomic E-state index is 0. The van der Waals surface area contributed by atoms with Crippen molar-refractivity contribution in [2.24, 2.45) is 0 Å². The zero-order chi connectivity index (χ0) is 15.2. The van der Waals surface area contributed by atoms with E-state index in [9.17, 15) is 4.79 Å². The van der Waals surface area contributed by atoms with Gasteiger partial charge in [-0.2, -0.15) is 0 Å². The number of fused-ring (bicyclic) bond motifs is 1. The zero-order valence-corrected chi connectivity index (χ0v) is 14.1. The number of amides is 1. The van der Waals surface area contributed by atoms with Gasteiger partial charge in [0.15, 0.2) is 11.5 Å². The third kappa shape index (κ3) is 5.01. The van der Waals surface area contributed by atoms with E-state index in [1.54, 1.807) is 0 Å². The number of halogens is 1. The van der Waals surface area contributed by atoms with E-state index in [0.29, 0.717) is 18.0 Å². The lowest BCUT2D eigenvalue weighted by Crippen LogP contribution is -2.44. The van der Waals surface area contributed by atoms with Crippen LogP contribution in [0, 0.1) is 0 Å². The Morgan fingerprint density at radius 1 is 1.17 bits per heavy atom. The summed E-state index contributed by atoms with van der Waals surface area (Å²) in [5.74, 6) is 1.26. The molecular formula is C17H25ClN2O3. The van der Waals surface area contributed by atoms with Crippen LogP contribution in [0.3, 0.4) is 0 Å². The van der Waals surface area contributed by atoms with Crippen molar-refractivity contribution in [2.75, 3.05) is 32.8 Å². The molecule has 0 bridgehead atoms. The maximum absolute atomic E-state index is 12.1. The molecule has 0 aliphatic carbocycles. The summed E-state index contributed by atoms with van der Waals surface area (Å²) in [4.78, 5) is 14.6. The molecule has 128 valence electrons. The number of hydrogen-bond donors (Lipinski definition) is 1. The normalized spacial score (nSPS) is 19.9. The monoisotopic (exact) mass is 340 g/mol. The van der Waals surface area contributed by atoms with E-state index >= 15 is 0 Å². The molecule has 6 heteroatoms. The molecule has 1 aromatic carbocycles. The Morgan fingerprint density at radius 2 is 1.91 bits per heavy atom. The zero-order valence-electron chi connectivity index (χ0n) is 13.3. The number of unbranched alkanes of at least 4 members (excludes halogenated alkanes) is 1. The van der Waals surface area contributed by atoms with Gasteiger partial charge >= 0.3 is 0 Å². The summed E-state index contributed by atoms with van der Waals surface area (Å²) in [6.07, 6.45) is 4.25. The molecule has 1 fully saturated rings. The van der Waals surface area contributed by atoms with Gasteiger partial charge in [-0.3, -0.25) is 4.79 Å². The Hall–Kier alpha value is -1.46. The molecule has 3 rings (SSSR count). The highest BCUT2D eigenvalue weighted by molar-refractivity contribution is 5.85. The maximum Gasteiger partial charge on any atom is 0.264 e. The number of para-hydroxylation sites is 2. The summed E-state index contributed by atoms with van der Waals surface area (Å²) in [6, 6.07) is 7.44. The third-order valence-electron chi connectivity index (χ3n) is 4.20. The van der Waals surface area contributed by atoms with Crippen LogP contribution in [-0.4, -0.2) is 49.7 Å². The summed E-state index contributed by atoms with van der Waals surface area (Å²) in [5, 5.41) is 2.95. The molecule has 0 aromatic heterocycles. The number of hydrogen-bond acceptors (Lipinski definition) is 4. The van der Waals surface area contributed by atoms with E-state index in [0.717, 1.165) is 19.4 Å². The minimum atomic E-state index is -0.548. The average Bonchev–Trinajstić information content (AvgIpc) is 3.07. The highest BCUT2D eigenvalue weighted by atomic mass is 35.5. The lowest BCUT2D eigenvalue weighted by atomic mass is 10.2. The fourth-order valence-corrected chi connectivity index (χ4v) is 2.94. The molecule has 2 aliphatic rings. The lowest BCUT2D eigenvalue weighted by Gasteiger charge is -2.25. The summed E-state index contributed by atoms with van der Waals surface area (Å²) >= 11 is 0. The molecule has 1 N–H and O–H groups in total. The first-order valence-corrected chi connectivity index (χ1v) is 8.21. The van der Waals surface area contributed by atoms with Gasteiger partial charge in [0.25, 0.3) is 5.91 Å². The van der Waals surface area contributed by atoms with Crippen LogP contribution in [0.25, 0.3) is 0 Å². The van der Waals surface area contributed by atoms with Crippen LogP contribution in [0.5, 0.6) is 11.5 Å². The predicted octanol–water partition coefficient (Wildman–Crippen LogP) is 2.24. The van der Waals surface area contributed by atoms with Gasteiger partial charge in [-0.25, -0.2) is 0 Å². The molecule has 0 spiro atoms. The second kappa shape index (κ2) is 8.99. The first-order valence-electron chi connectivity index (χ1n) is 8.21. The van der Waals surface area contributed by atoms with Gasteiger partial charge in [-0.05, 0) is 57.5 Å². The summed E-state index contributed by atoms with van der Waals surface area (Å²) in [7, 11) is 0. The number of benzene rings is 1. The highest BCUT2D eigenvalue weighted by Crippen LogP contribution is 2.30. The van der Waals surface area contributed by atoms with Crippen molar-refractivity contribution in [3.05, 3.63) is 24.3 Å². The van der Waals surface area contributed by atoms with Gasteiger partial charge in [0, 0.05) is 6.54 Å². The lowest BCUT2D eigenvalue weighted by molar-refractivity contribution is -0.130. The molecule has 2 aliphatic heterocycles. The van der Waals surface area contributed by atoms with Crippen molar-refractivity contribution in [1.29, 1.82) is 0 Å². The van der Waals surface area contributed by atoms with Crippen molar-refractivity contribution >= 4 is 18.3 Å². The van der Waals surface area contributed by atoms with Crippen LogP contribution >= 0.6 is 12.4 Å². The topological polar surface area (TPSA) is 50.8 Å². The number of nitrogens with zero attached hydrogens (tertiary/aromatic N) is 1. The van der Waals surface area contributed by atoms with Crippen LogP contribution in [0.2, 0.25) is 0 Å². The van der Waals surface area contributed by atoms with E-state index in [4.69, 9.17) is 9.47 Å². The maximum atomic E-state index is 12.1. The smallest absolute Gasteiger partial charge is 0.264 e. The van der Waals surface area contributed by atoms with Gasteiger partial charge in [-0.15, -0.1) is 12.4 Å². The SMILES string of the molecule is Cl.O=C(NCCCCN1CCCC1)C1COc2ccccc2O1. The second-order valence-corrected chi connectivity index (χ2v) is 5.91. The molecule has 1 atom stereocenters. The molecule has 5 nitrogen and oxygen atoms in total. The molecule has 23 heavy (non-hydrogen) atoms. The van der Waals surface area contributed by atoms with Crippen molar-refractivity contribution in [3.8, 4) is 11.5 Å². The van der Waals surface area contributed by atoms with Crippen molar-refractivity contribution < 1.29 is 14.3 Å².